The monoisotopic (exact) mass is 312 g/mol. The number of hydrogen-bond acceptors (Lipinski definition) is 2. The molecule has 0 spiro atoms. The molecule has 0 bridgehead atoms. The van der Waals surface area contributed by atoms with E-state index in [-0.39, 0.29) is 0 Å². The maximum absolute atomic E-state index is 2.66. The lowest BCUT2D eigenvalue weighted by atomic mass is 9.86. The Hall–Kier alpha value is -0.860. The van der Waals surface area contributed by atoms with Gasteiger partial charge in [0.25, 0.3) is 0 Å². The van der Waals surface area contributed by atoms with Gasteiger partial charge < -0.3 is 4.90 Å². The van der Waals surface area contributed by atoms with Crippen LogP contribution in [-0.2, 0) is 6.42 Å². The Bertz CT molecular complexity index is 523. The molecule has 3 fully saturated rings. The Morgan fingerprint density at radius 3 is 2.65 bits per heavy atom. The van der Waals surface area contributed by atoms with Crippen LogP contribution in [0.2, 0.25) is 0 Å². The second-order valence-electron chi connectivity index (χ2n) is 8.35. The third-order valence-electron chi connectivity index (χ3n) is 6.83. The Morgan fingerprint density at radius 1 is 1.09 bits per heavy atom. The average Bonchev–Trinajstić information content (AvgIpc) is 3.22. The maximum Gasteiger partial charge on any atom is 0.126 e. The van der Waals surface area contributed by atoms with Crippen LogP contribution in [0.25, 0.3) is 0 Å². The van der Waals surface area contributed by atoms with Gasteiger partial charge in [-0.15, -0.1) is 0 Å². The third-order valence-corrected chi connectivity index (χ3v) is 6.83. The second-order valence-corrected chi connectivity index (χ2v) is 8.35. The highest BCUT2D eigenvalue weighted by Gasteiger charge is 2.46. The SMILES string of the molecule is C[C@@H]1CCCN1CCc1ccc([C@@H]2CC[C@@H]3C[N+](C)C[C@@H]32)cc1. The molecule has 0 amide bonds. The summed E-state index contributed by atoms with van der Waals surface area (Å²) in [5.74, 6) is 2.69. The highest BCUT2D eigenvalue weighted by Crippen LogP contribution is 2.46. The van der Waals surface area contributed by atoms with E-state index in [1.807, 2.05) is 0 Å². The Morgan fingerprint density at radius 2 is 1.91 bits per heavy atom. The molecule has 1 aromatic carbocycles. The molecular formula is C21H32N2+. The fourth-order valence-corrected chi connectivity index (χ4v) is 5.43. The summed E-state index contributed by atoms with van der Waals surface area (Å²) >= 11 is 0. The predicted molar refractivity (Wildman–Crippen MR) is 97.2 cm³/mol. The molecule has 0 N–H and O–H groups in total. The Kier molecular flexibility index (Phi) is 4.47. The van der Waals surface area contributed by atoms with Crippen LogP contribution in [0, 0.1) is 11.8 Å². The minimum Gasteiger partial charge on any atom is -0.300 e. The lowest BCUT2D eigenvalue weighted by Crippen LogP contribution is -2.28. The van der Waals surface area contributed by atoms with Crippen molar-refractivity contribution in [1.82, 2.24) is 9.80 Å². The molecule has 2 nitrogen and oxygen atoms in total. The molecule has 1 aliphatic carbocycles. The molecule has 2 heterocycles. The number of likely N-dealkylation sites (tertiary alicyclic amines) is 2. The standard InChI is InChI=1S/C21H32N2/c1-16-4-3-12-23(16)13-11-17-5-7-18(8-6-17)20-10-9-19-14-22(2)15-21(19)20/h5-8,16,19-21H,3-4,9-15H2,1-2H3/q+1/t16-,19-,20+,21+/m1/s1. The van der Waals surface area contributed by atoms with Gasteiger partial charge in [-0.1, -0.05) is 24.3 Å². The minimum absolute atomic E-state index is 0.795. The van der Waals surface area contributed by atoms with E-state index in [4.69, 9.17) is 0 Å². The van der Waals surface area contributed by atoms with Crippen molar-refractivity contribution in [3.05, 3.63) is 35.4 Å². The van der Waals surface area contributed by atoms with E-state index in [1.54, 1.807) is 5.56 Å². The van der Waals surface area contributed by atoms with E-state index in [9.17, 15) is 0 Å². The zero-order valence-corrected chi connectivity index (χ0v) is 14.9. The van der Waals surface area contributed by atoms with E-state index in [2.05, 4.69) is 48.0 Å². The second kappa shape index (κ2) is 6.57. The first-order valence-corrected chi connectivity index (χ1v) is 9.72. The smallest absolute Gasteiger partial charge is 0.126 e. The molecule has 2 heteroatoms. The van der Waals surface area contributed by atoms with Crippen LogP contribution in [0.1, 0.15) is 49.7 Å². The van der Waals surface area contributed by atoms with Crippen molar-refractivity contribution in [2.45, 2.75) is 51.0 Å². The van der Waals surface area contributed by atoms with Gasteiger partial charge >= 0.3 is 0 Å². The van der Waals surface area contributed by atoms with E-state index in [0.717, 1.165) is 23.8 Å². The summed E-state index contributed by atoms with van der Waals surface area (Å²) in [5.41, 5.74) is 3.12. The van der Waals surface area contributed by atoms with Crippen LogP contribution in [-0.4, -0.2) is 44.2 Å². The molecule has 3 aliphatic rings. The van der Waals surface area contributed by atoms with Gasteiger partial charge in [0.1, 0.15) is 20.1 Å². The highest BCUT2D eigenvalue weighted by atomic mass is 15.2. The molecule has 1 saturated carbocycles. The minimum atomic E-state index is 0.795. The normalized spacial score (nSPS) is 35.0. The van der Waals surface area contributed by atoms with Gasteiger partial charge in [0.2, 0.25) is 0 Å². The summed E-state index contributed by atoms with van der Waals surface area (Å²) in [7, 11) is 2.29. The van der Waals surface area contributed by atoms with E-state index in [1.165, 1.54) is 63.8 Å². The molecule has 23 heavy (non-hydrogen) atoms. The van der Waals surface area contributed by atoms with Gasteiger partial charge in [-0.25, -0.2) is 0 Å². The van der Waals surface area contributed by atoms with Crippen molar-refractivity contribution in [1.29, 1.82) is 0 Å². The van der Waals surface area contributed by atoms with Crippen molar-refractivity contribution in [2.24, 2.45) is 11.8 Å². The molecule has 125 valence electrons. The summed E-state index contributed by atoms with van der Waals surface area (Å²) in [6.45, 7) is 7.56. The fraction of sp³-hybridized carbons (Fsp3) is 0.714. The number of hydrogen-bond donors (Lipinski definition) is 0. The lowest BCUT2D eigenvalue weighted by Gasteiger charge is -2.21. The topological polar surface area (TPSA) is 9.14 Å². The van der Waals surface area contributed by atoms with Gasteiger partial charge in [0.05, 0.1) is 0 Å². The van der Waals surface area contributed by atoms with Gasteiger partial charge in [-0.3, -0.25) is 0 Å². The van der Waals surface area contributed by atoms with Gasteiger partial charge in [-0.2, -0.15) is 4.90 Å². The lowest BCUT2D eigenvalue weighted by molar-refractivity contribution is 0.272. The maximum atomic E-state index is 2.66. The molecule has 4 atom stereocenters. The van der Waals surface area contributed by atoms with Crippen molar-refractivity contribution in [3.63, 3.8) is 0 Å². The van der Waals surface area contributed by atoms with Gasteiger partial charge in [-0.05, 0) is 62.6 Å². The molecule has 1 aromatic rings. The van der Waals surface area contributed by atoms with E-state index in [0.29, 0.717) is 0 Å². The summed E-state index contributed by atoms with van der Waals surface area (Å²) in [4.78, 5) is 5.19. The largest absolute Gasteiger partial charge is 0.300 e. The summed E-state index contributed by atoms with van der Waals surface area (Å²) < 4.78 is 0. The van der Waals surface area contributed by atoms with E-state index < -0.39 is 0 Å². The quantitative estimate of drug-likeness (QED) is 0.772. The molecule has 4 rings (SSSR count). The first-order valence-electron chi connectivity index (χ1n) is 9.72. The molecular weight excluding hydrogens is 280 g/mol. The van der Waals surface area contributed by atoms with Crippen LogP contribution in [0.5, 0.6) is 0 Å². The molecule has 0 unspecified atom stereocenters. The number of nitrogens with zero attached hydrogens (tertiary/aromatic N) is 2. The van der Waals surface area contributed by atoms with Gasteiger partial charge in [0, 0.05) is 24.4 Å². The predicted octanol–water partition coefficient (Wildman–Crippen LogP) is 3.61. The zero-order valence-electron chi connectivity index (χ0n) is 14.9. The van der Waals surface area contributed by atoms with Crippen molar-refractivity contribution in [3.8, 4) is 0 Å². The van der Waals surface area contributed by atoms with Gasteiger partial charge in [0.15, 0.2) is 0 Å². The van der Waals surface area contributed by atoms with Crippen LogP contribution in [0.15, 0.2) is 24.3 Å². The molecule has 1 radical (unpaired) electrons. The van der Waals surface area contributed by atoms with E-state index >= 15 is 0 Å². The fourth-order valence-electron chi connectivity index (χ4n) is 5.43. The zero-order chi connectivity index (χ0) is 15.8. The van der Waals surface area contributed by atoms with Crippen molar-refractivity contribution < 1.29 is 0 Å². The molecule has 2 aliphatic heterocycles. The summed E-state index contributed by atoms with van der Waals surface area (Å²) in [6, 6.07) is 10.5. The summed E-state index contributed by atoms with van der Waals surface area (Å²) in [5, 5.41) is 0. The van der Waals surface area contributed by atoms with Crippen LogP contribution in [0.4, 0.5) is 0 Å². The Balaban J connectivity index is 1.36. The number of rotatable bonds is 4. The van der Waals surface area contributed by atoms with Crippen LogP contribution < -0.4 is 4.90 Å². The van der Waals surface area contributed by atoms with Crippen molar-refractivity contribution in [2.75, 3.05) is 33.2 Å². The molecule has 0 aromatic heterocycles. The Labute approximate surface area is 141 Å². The molecule has 2 saturated heterocycles. The first kappa shape index (κ1) is 15.7. The first-order chi connectivity index (χ1) is 11.2. The van der Waals surface area contributed by atoms with Crippen LogP contribution >= 0.6 is 0 Å². The third kappa shape index (κ3) is 3.21. The number of fused-ring (bicyclic) bond motifs is 1. The summed E-state index contributed by atoms with van der Waals surface area (Å²) in [6.07, 6.45) is 6.84. The number of benzene rings is 1. The average molecular weight is 313 g/mol. The van der Waals surface area contributed by atoms with Crippen molar-refractivity contribution >= 4 is 0 Å². The highest BCUT2D eigenvalue weighted by molar-refractivity contribution is 5.28. The van der Waals surface area contributed by atoms with Crippen LogP contribution in [0.3, 0.4) is 0 Å².